The fourth-order valence-electron chi connectivity index (χ4n) is 3.02. The Hall–Kier alpha value is -3.15. The van der Waals surface area contributed by atoms with Gasteiger partial charge in [0.05, 0.1) is 25.3 Å². The van der Waals surface area contributed by atoms with Gasteiger partial charge in [0.15, 0.2) is 0 Å². The predicted molar refractivity (Wildman–Crippen MR) is 94.4 cm³/mol. The minimum absolute atomic E-state index is 0.326. The van der Waals surface area contributed by atoms with Crippen molar-refractivity contribution < 1.29 is 18.7 Å². The molecule has 2 amide bonds. The van der Waals surface area contributed by atoms with Crippen molar-refractivity contribution in [2.24, 2.45) is 0 Å². The normalized spacial score (nSPS) is 17.1. The number of hydrogen-bond donors (Lipinski definition) is 1. The quantitative estimate of drug-likeness (QED) is 0.855. The van der Waals surface area contributed by atoms with Gasteiger partial charge in [-0.3, -0.25) is 4.90 Å². The highest BCUT2D eigenvalue weighted by atomic mass is 19.1. The van der Waals surface area contributed by atoms with Crippen molar-refractivity contribution >= 4 is 12.0 Å². The van der Waals surface area contributed by atoms with Crippen molar-refractivity contribution in [2.75, 3.05) is 7.11 Å². The van der Waals surface area contributed by atoms with E-state index in [1.165, 1.54) is 24.1 Å². The van der Waals surface area contributed by atoms with Crippen LogP contribution >= 0.6 is 0 Å². The molecule has 0 bridgehead atoms. The number of ether oxygens (including phenoxy) is 1. The summed E-state index contributed by atoms with van der Waals surface area (Å²) in [6, 6.07) is 14.1. The fraction of sp³-hybridized carbons (Fsp3) is 0.200. The molecule has 0 fully saturated rings. The van der Waals surface area contributed by atoms with Crippen LogP contribution in [0.15, 0.2) is 65.9 Å². The van der Waals surface area contributed by atoms with Gasteiger partial charge in [-0.15, -0.1) is 0 Å². The third kappa shape index (κ3) is 3.44. The number of nitrogens with zero attached hydrogens (tertiary/aromatic N) is 1. The van der Waals surface area contributed by atoms with Crippen LogP contribution in [-0.4, -0.2) is 24.0 Å². The largest absolute Gasteiger partial charge is 0.466 e. The third-order valence-electron chi connectivity index (χ3n) is 4.39. The van der Waals surface area contributed by atoms with E-state index < -0.39 is 12.0 Å². The molecule has 0 aromatic heterocycles. The smallest absolute Gasteiger partial charge is 0.337 e. The first-order chi connectivity index (χ1) is 12.5. The molecule has 0 saturated heterocycles. The van der Waals surface area contributed by atoms with Gasteiger partial charge < -0.3 is 10.1 Å². The van der Waals surface area contributed by atoms with E-state index in [2.05, 4.69) is 5.32 Å². The third-order valence-corrected chi connectivity index (χ3v) is 4.39. The lowest BCUT2D eigenvalue weighted by molar-refractivity contribution is -0.136. The highest BCUT2D eigenvalue weighted by molar-refractivity contribution is 5.95. The van der Waals surface area contributed by atoms with E-state index in [-0.39, 0.29) is 11.8 Å². The molecular formula is C20H19FN2O3. The number of nitrogens with one attached hydrogen (secondary N) is 1. The number of carbonyl (C=O) groups is 2. The van der Waals surface area contributed by atoms with Crippen molar-refractivity contribution in [1.29, 1.82) is 0 Å². The molecule has 6 heteroatoms. The van der Waals surface area contributed by atoms with Gasteiger partial charge >= 0.3 is 12.0 Å². The van der Waals surface area contributed by atoms with Gasteiger partial charge in [-0.05, 0) is 30.2 Å². The fourth-order valence-corrected chi connectivity index (χ4v) is 3.02. The number of amides is 2. The molecule has 1 heterocycles. The van der Waals surface area contributed by atoms with Crippen molar-refractivity contribution in [3.8, 4) is 0 Å². The second-order valence-electron chi connectivity index (χ2n) is 6.00. The minimum atomic E-state index is -0.692. The maximum Gasteiger partial charge on any atom is 0.337 e. The summed E-state index contributed by atoms with van der Waals surface area (Å²) in [7, 11) is 1.29. The van der Waals surface area contributed by atoms with Gasteiger partial charge in [0, 0.05) is 5.70 Å². The van der Waals surface area contributed by atoms with Gasteiger partial charge in [-0.1, -0.05) is 42.5 Å². The number of carbonyl (C=O) groups excluding carboxylic acids is 2. The summed E-state index contributed by atoms with van der Waals surface area (Å²) in [5.41, 5.74) is 2.39. The number of halogens is 1. The molecule has 0 aliphatic carbocycles. The molecule has 1 unspecified atom stereocenters. The second-order valence-corrected chi connectivity index (χ2v) is 6.00. The molecule has 1 atom stereocenters. The van der Waals surface area contributed by atoms with Crippen LogP contribution < -0.4 is 5.32 Å². The molecular weight excluding hydrogens is 335 g/mol. The highest BCUT2D eigenvalue weighted by Crippen LogP contribution is 2.32. The molecule has 3 rings (SSSR count). The van der Waals surface area contributed by atoms with Crippen LogP contribution in [0.1, 0.15) is 24.1 Å². The Kier molecular flexibility index (Phi) is 5.02. The molecule has 0 spiro atoms. The zero-order valence-corrected chi connectivity index (χ0v) is 14.5. The molecule has 1 aliphatic heterocycles. The minimum Gasteiger partial charge on any atom is -0.466 e. The Labute approximate surface area is 151 Å². The van der Waals surface area contributed by atoms with Crippen LogP contribution in [-0.2, 0) is 16.1 Å². The number of rotatable bonds is 4. The highest BCUT2D eigenvalue weighted by Gasteiger charge is 2.36. The summed E-state index contributed by atoms with van der Waals surface area (Å²) < 4.78 is 18.2. The molecule has 134 valence electrons. The molecule has 1 aliphatic rings. The van der Waals surface area contributed by atoms with E-state index in [0.717, 1.165) is 5.56 Å². The van der Waals surface area contributed by atoms with Crippen LogP contribution in [0.25, 0.3) is 0 Å². The van der Waals surface area contributed by atoms with Crippen LogP contribution in [0, 0.1) is 5.82 Å². The molecule has 2 aromatic carbocycles. The lowest BCUT2D eigenvalue weighted by atomic mass is 9.94. The van der Waals surface area contributed by atoms with E-state index in [1.807, 2.05) is 30.3 Å². The first-order valence-corrected chi connectivity index (χ1v) is 8.17. The number of benzene rings is 2. The monoisotopic (exact) mass is 354 g/mol. The molecule has 2 aromatic rings. The lowest BCUT2D eigenvalue weighted by Gasteiger charge is -2.35. The molecule has 0 saturated carbocycles. The van der Waals surface area contributed by atoms with E-state index >= 15 is 0 Å². The Morgan fingerprint density at radius 1 is 1.15 bits per heavy atom. The van der Waals surface area contributed by atoms with Crippen molar-refractivity contribution in [3.05, 3.63) is 82.8 Å². The molecule has 5 nitrogen and oxygen atoms in total. The summed E-state index contributed by atoms with van der Waals surface area (Å²) in [6.07, 6.45) is 0. The Morgan fingerprint density at radius 3 is 2.42 bits per heavy atom. The van der Waals surface area contributed by atoms with E-state index in [1.54, 1.807) is 19.1 Å². The summed E-state index contributed by atoms with van der Waals surface area (Å²) >= 11 is 0. The summed E-state index contributed by atoms with van der Waals surface area (Å²) in [5, 5.41) is 2.82. The summed E-state index contributed by atoms with van der Waals surface area (Å²) in [6.45, 7) is 2.04. The van der Waals surface area contributed by atoms with Gasteiger partial charge in [-0.2, -0.15) is 0 Å². The van der Waals surface area contributed by atoms with Crippen molar-refractivity contribution in [3.63, 3.8) is 0 Å². The van der Waals surface area contributed by atoms with Gasteiger partial charge in [-0.25, -0.2) is 14.0 Å². The number of allylic oxidation sites excluding steroid dienone is 1. The van der Waals surface area contributed by atoms with Crippen LogP contribution in [0.5, 0.6) is 0 Å². The Balaban J connectivity index is 2.02. The van der Waals surface area contributed by atoms with Gasteiger partial charge in [0.2, 0.25) is 0 Å². The second kappa shape index (κ2) is 7.39. The Morgan fingerprint density at radius 2 is 1.81 bits per heavy atom. The predicted octanol–water partition coefficient (Wildman–Crippen LogP) is 3.54. The van der Waals surface area contributed by atoms with Crippen LogP contribution in [0.3, 0.4) is 0 Å². The van der Waals surface area contributed by atoms with Crippen LogP contribution in [0.4, 0.5) is 9.18 Å². The van der Waals surface area contributed by atoms with E-state index in [4.69, 9.17) is 4.74 Å². The molecule has 1 N–H and O–H groups in total. The summed E-state index contributed by atoms with van der Waals surface area (Å²) in [5.74, 6) is -0.920. The molecule has 0 radical (unpaired) electrons. The Bertz CT molecular complexity index is 847. The maximum absolute atomic E-state index is 13.2. The van der Waals surface area contributed by atoms with Crippen molar-refractivity contribution in [2.45, 2.75) is 19.5 Å². The average Bonchev–Trinajstić information content (AvgIpc) is 2.65. The molecule has 26 heavy (non-hydrogen) atoms. The zero-order chi connectivity index (χ0) is 18.7. The number of urea groups is 1. The van der Waals surface area contributed by atoms with Crippen molar-refractivity contribution in [1.82, 2.24) is 10.2 Å². The first kappa shape index (κ1) is 17.7. The summed E-state index contributed by atoms with van der Waals surface area (Å²) in [4.78, 5) is 26.6. The van der Waals surface area contributed by atoms with E-state index in [9.17, 15) is 14.0 Å². The first-order valence-electron chi connectivity index (χ1n) is 8.17. The standard InChI is InChI=1S/C20H19FN2O3/c1-13-17(19(24)26-2)18(15-8-10-16(21)11-9-15)22-20(25)23(13)12-14-6-4-3-5-7-14/h3-11,18H,12H2,1-2H3,(H,22,25). The zero-order valence-electron chi connectivity index (χ0n) is 14.5. The SMILES string of the molecule is COC(=O)C1=C(C)N(Cc2ccccc2)C(=O)NC1c1ccc(F)cc1. The number of esters is 1. The number of methoxy groups -OCH3 is 1. The van der Waals surface area contributed by atoms with Gasteiger partial charge in [0.1, 0.15) is 5.82 Å². The lowest BCUT2D eigenvalue weighted by Crippen LogP contribution is -2.47. The van der Waals surface area contributed by atoms with Gasteiger partial charge in [0.25, 0.3) is 0 Å². The average molecular weight is 354 g/mol. The van der Waals surface area contributed by atoms with Crippen LogP contribution in [0.2, 0.25) is 0 Å². The topological polar surface area (TPSA) is 58.6 Å². The number of hydrogen-bond acceptors (Lipinski definition) is 3. The maximum atomic E-state index is 13.2. The van der Waals surface area contributed by atoms with E-state index in [0.29, 0.717) is 23.4 Å².